The molecule has 1 aliphatic carbocycles. The summed E-state index contributed by atoms with van der Waals surface area (Å²) in [5.41, 5.74) is 4.52. The Labute approximate surface area is 107 Å². The first-order valence-corrected chi connectivity index (χ1v) is 6.63. The van der Waals surface area contributed by atoms with Crippen molar-refractivity contribution in [1.82, 2.24) is 4.90 Å². The molecule has 2 aliphatic rings. The summed E-state index contributed by atoms with van der Waals surface area (Å²) in [7, 11) is 0. The predicted octanol–water partition coefficient (Wildman–Crippen LogP) is 0.827. The fraction of sp³-hybridized carbons (Fsp3) is 0.846. The highest BCUT2D eigenvalue weighted by molar-refractivity contribution is 5.88. The number of carbonyl (C=O) groups is 2. The zero-order valence-electron chi connectivity index (χ0n) is 11.1. The van der Waals surface area contributed by atoms with Crippen LogP contribution in [0.2, 0.25) is 0 Å². The van der Waals surface area contributed by atoms with Crippen LogP contribution in [-0.2, 0) is 9.59 Å². The first kappa shape index (κ1) is 13.3. The Hall–Kier alpha value is -1.10. The van der Waals surface area contributed by atoms with Gasteiger partial charge in [-0.25, -0.2) is 0 Å². The van der Waals surface area contributed by atoms with Crippen LogP contribution < -0.4 is 5.73 Å². The molecule has 0 aromatic carbocycles. The number of carbonyl (C=O) groups excluding carboxylic acids is 1. The molecule has 5 nitrogen and oxygen atoms in total. The second-order valence-corrected chi connectivity index (χ2v) is 6.10. The van der Waals surface area contributed by atoms with E-state index in [0.717, 1.165) is 19.3 Å². The van der Waals surface area contributed by atoms with Gasteiger partial charge in [0.2, 0.25) is 5.91 Å². The van der Waals surface area contributed by atoms with Crippen LogP contribution in [0, 0.1) is 11.3 Å². The van der Waals surface area contributed by atoms with Gasteiger partial charge in [-0.15, -0.1) is 0 Å². The summed E-state index contributed by atoms with van der Waals surface area (Å²) in [5, 5.41) is 9.44. The molecule has 1 amide bonds. The normalized spacial score (nSPS) is 30.3. The molecule has 0 spiro atoms. The van der Waals surface area contributed by atoms with Crippen molar-refractivity contribution in [3.8, 4) is 0 Å². The number of rotatable bonds is 3. The van der Waals surface area contributed by atoms with E-state index in [2.05, 4.69) is 0 Å². The van der Waals surface area contributed by atoms with E-state index >= 15 is 0 Å². The molecule has 0 bridgehead atoms. The van der Waals surface area contributed by atoms with Gasteiger partial charge in [0.25, 0.3) is 0 Å². The van der Waals surface area contributed by atoms with E-state index < -0.39 is 16.9 Å². The van der Waals surface area contributed by atoms with Gasteiger partial charge in [0, 0.05) is 13.1 Å². The number of nitrogens with two attached hydrogens (primary N) is 1. The fourth-order valence-corrected chi connectivity index (χ4v) is 2.99. The van der Waals surface area contributed by atoms with E-state index in [1.165, 1.54) is 0 Å². The van der Waals surface area contributed by atoms with Crippen LogP contribution in [0.25, 0.3) is 0 Å². The van der Waals surface area contributed by atoms with Crippen LogP contribution >= 0.6 is 0 Å². The monoisotopic (exact) mass is 254 g/mol. The van der Waals surface area contributed by atoms with Gasteiger partial charge in [0.15, 0.2) is 0 Å². The molecule has 0 radical (unpaired) electrons. The molecule has 2 fully saturated rings. The summed E-state index contributed by atoms with van der Waals surface area (Å²) >= 11 is 0. The molecule has 1 aliphatic heterocycles. The zero-order valence-corrected chi connectivity index (χ0v) is 11.1. The van der Waals surface area contributed by atoms with Crippen molar-refractivity contribution in [1.29, 1.82) is 0 Å². The van der Waals surface area contributed by atoms with E-state index in [1.807, 2.05) is 13.8 Å². The fourth-order valence-electron chi connectivity index (χ4n) is 2.99. The second-order valence-electron chi connectivity index (χ2n) is 6.10. The van der Waals surface area contributed by atoms with E-state index in [-0.39, 0.29) is 11.8 Å². The second kappa shape index (κ2) is 4.23. The molecule has 3 N–H and O–H groups in total. The minimum atomic E-state index is -0.799. The Bertz CT molecular complexity index is 376. The Morgan fingerprint density at radius 1 is 1.28 bits per heavy atom. The molecular weight excluding hydrogens is 232 g/mol. The quantitative estimate of drug-likeness (QED) is 0.781. The highest BCUT2D eigenvalue weighted by Gasteiger charge is 2.52. The van der Waals surface area contributed by atoms with Gasteiger partial charge >= 0.3 is 5.97 Å². The Balaban J connectivity index is 2.12. The van der Waals surface area contributed by atoms with Gasteiger partial charge in [-0.3, -0.25) is 9.59 Å². The highest BCUT2D eigenvalue weighted by atomic mass is 16.4. The van der Waals surface area contributed by atoms with Crippen LogP contribution in [0.4, 0.5) is 0 Å². The first-order chi connectivity index (χ1) is 8.32. The number of likely N-dealkylation sites (tertiary alicyclic amines) is 1. The molecule has 1 saturated heterocycles. The third-order valence-corrected chi connectivity index (χ3v) is 4.79. The van der Waals surface area contributed by atoms with Crippen molar-refractivity contribution in [2.24, 2.45) is 17.1 Å². The molecular formula is C13H22N2O3. The van der Waals surface area contributed by atoms with Gasteiger partial charge < -0.3 is 15.7 Å². The minimum absolute atomic E-state index is 0.0166. The number of hydrogen-bond donors (Lipinski definition) is 2. The lowest BCUT2D eigenvalue weighted by molar-refractivity contribution is -0.151. The lowest BCUT2D eigenvalue weighted by Gasteiger charge is -2.39. The molecule has 1 atom stereocenters. The Morgan fingerprint density at radius 2 is 1.89 bits per heavy atom. The molecule has 1 heterocycles. The van der Waals surface area contributed by atoms with Crippen molar-refractivity contribution in [2.75, 3.05) is 13.1 Å². The molecule has 5 heteroatoms. The van der Waals surface area contributed by atoms with Crippen molar-refractivity contribution < 1.29 is 14.7 Å². The maximum absolute atomic E-state index is 12.3. The van der Waals surface area contributed by atoms with Gasteiger partial charge in [0.05, 0.1) is 11.0 Å². The average molecular weight is 254 g/mol. The summed E-state index contributed by atoms with van der Waals surface area (Å²) < 4.78 is 0. The molecule has 2 rings (SSSR count). The van der Waals surface area contributed by atoms with Crippen LogP contribution in [0.3, 0.4) is 0 Å². The predicted molar refractivity (Wildman–Crippen MR) is 66.9 cm³/mol. The van der Waals surface area contributed by atoms with Crippen LogP contribution in [-0.4, -0.2) is 40.5 Å². The summed E-state index contributed by atoms with van der Waals surface area (Å²) in [4.78, 5) is 25.4. The lowest BCUT2D eigenvalue weighted by atomic mass is 9.75. The summed E-state index contributed by atoms with van der Waals surface area (Å²) in [5.74, 6) is -0.840. The summed E-state index contributed by atoms with van der Waals surface area (Å²) in [6, 6.07) is 0. The minimum Gasteiger partial charge on any atom is -0.481 e. The standard InChI is InChI=1S/C13H22N2O3/c1-9(2)12(11(17)18)6-7-15(8-12)10(16)13(14)4-3-5-13/h9H,3-8,14H2,1-2H3,(H,17,18). The van der Waals surface area contributed by atoms with Gasteiger partial charge in [-0.2, -0.15) is 0 Å². The zero-order chi connectivity index (χ0) is 13.6. The van der Waals surface area contributed by atoms with Gasteiger partial charge in [-0.05, 0) is 31.6 Å². The van der Waals surface area contributed by atoms with Crippen LogP contribution in [0.1, 0.15) is 39.5 Å². The number of hydrogen-bond acceptors (Lipinski definition) is 3. The Kier molecular flexibility index (Phi) is 3.13. The number of amides is 1. The summed E-state index contributed by atoms with van der Waals surface area (Å²) in [6.07, 6.45) is 2.97. The van der Waals surface area contributed by atoms with Crippen molar-refractivity contribution >= 4 is 11.9 Å². The molecule has 0 aromatic rings. The van der Waals surface area contributed by atoms with Crippen LogP contribution in [0.15, 0.2) is 0 Å². The smallest absolute Gasteiger partial charge is 0.311 e. The highest BCUT2D eigenvalue weighted by Crippen LogP contribution is 2.40. The van der Waals surface area contributed by atoms with Gasteiger partial charge in [-0.1, -0.05) is 13.8 Å². The Morgan fingerprint density at radius 3 is 2.22 bits per heavy atom. The topological polar surface area (TPSA) is 83.6 Å². The summed E-state index contributed by atoms with van der Waals surface area (Å²) in [6.45, 7) is 4.63. The maximum atomic E-state index is 12.3. The number of aliphatic carboxylic acids is 1. The number of nitrogens with zero attached hydrogens (tertiary/aromatic N) is 1. The third-order valence-electron chi connectivity index (χ3n) is 4.79. The largest absolute Gasteiger partial charge is 0.481 e. The van der Waals surface area contributed by atoms with E-state index in [4.69, 9.17) is 5.73 Å². The SMILES string of the molecule is CC(C)C1(C(=O)O)CCN(C(=O)C2(N)CCC2)C1. The number of carboxylic acids is 1. The lowest BCUT2D eigenvalue weighted by Crippen LogP contribution is -2.59. The molecule has 1 unspecified atom stereocenters. The molecule has 102 valence electrons. The van der Waals surface area contributed by atoms with Crippen molar-refractivity contribution in [2.45, 2.75) is 45.1 Å². The third kappa shape index (κ3) is 1.81. The van der Waals surface area contributed by atoms with Crippen LogP contribution in [0.5, 0.6) is 0 Å². The molecule has 1 saturated carbocycles. The van der Waals surface area contributed by atoms with Crippen molar-refractivity contribution in [3.05, 3.63) is 0 Å². The average Bonchev–Trinajstić information content (AvgIpc) is 2.70. The first-order valence-electron chi connectivity index (χ1n) is 6.63. The van der Waals surface area contributed by atoms with E-state index in [9.17, 15) is 14.7 Å². The van der Waals surface area contributed by atoms with E-state index in [0.29, 0.717) is 19.5 Å². The van der Waals surface area contributed by atoms with Crippen molar-refractivity contribution in [3.63, 3.8) is 0 Å². The molecule has 0 aromatic heterocycles. The van der Waals surface area contributed by atoms with E-state index in [1.54, 1.807) is 4.90 Å². The molecule has 18 heavy (non-hydrogen) atoms. The number of carboxylic acid groups (broad SMARTS) is 1. The maximum Gasteiger partial charge on any atom is 0.311 e. The van der Waals surface area contributed by atoms with Gasteiger partial charge in [0.1, 0.15) is 0 Å².